The van der Waals surface area contributed by atoms with Gasteiger partial charge >= 0.3 is 0 Å². The molecule has 1 aromatic carbocycles. The molecule has 0 bridgehead atoms. The van der Waals surface area contributed by atoms with Crippen LogP contribution in [0.2, 0.25) is 0 Å². The summed E-state index contributed by atoms with van der Waals surface area (Å²) < 4.78 is 0. The van der Waals surface area contributed by atoms with Gasteiger partial charge in [-0.25, -0.2) is 0 Å². The Morgan fingerprint density at radius 2 is 2.20 bits per heavy atom. The normalized spacial score (nSPS) is 18.8. The summed E-state index contributed by atoms with van der Waals surface area (Å²) in [5.74, 6) is 0.864. The Bertz CT molecular complexity index is 450. The third-order valence-electron chi connectivity index (χ3n) is 4.21. The van der Waals surface area contributed by atoms with Crippen LogP contribution in [-0.2, 0) is 11.2 Å². The standard InChI is InChI=1S/C17H26N2O/c1-13-5-6-16(10-14(13)2)11-17(20)19-9-7-15-4-3-8-18-12-15/h5-6,10,15,18H,3-4,7-9,11-12H2,1-2H3,(H,19,20). The predicted molar refractivity (Wildman–Crippen MR) is 82.8 cm³/mol. The Kier molecular flexibility index (Phi) is 5.60. The first-order valence-electron chi connectivity index (χ1n) is 7.68. The van der Waals surface area contributed by atoms with Gasteiger partial charge in [0.05, 0.1) is 6.42 Å². The molecule has 0 aliphatic carbocycles. The summed E-state index contributed by atoms with van der Waals surface area (Å²) >= 11 is 0. The van der Waals surface area contributed by atoms with Crippen molar-refractivity contribution in [1.29, 1.82) is 0 Å². The van der Waals surface area contributed by atoms with Crippen LogP contribution in [0.5, 0.6) is 0 Å². The van der Waals surface area contributed by atoms with Gasteiger partial charge in [-0.05, 0) is 68.8 Å². The molecule has 1 atom stereocenters. The molecule has 2 rings (SSSR count). The van der Waals surface area contributed by atoms with Crippen LogP contribution in [0.3, 0.4) is 0 Å². The summed E-state index contributed by atoms with van der Waals surface area (Å²) in [4.78, 5) is 11.9. The minimum absolute atomic E-state index is 0.136. The maximum absolute atomic E-state index is 11.9. The number of piperidine rings is 1. The van der Waals surface area contributed by atoms with Crippen LogP contribution in [0.25, 0.3) is 0 Å². The van der Waals surface area contributed by atoms with E-state index in [1.807, 2.05) is 6.07 Å². The molecule has 0 saturated carbocycles. The van der Waals surface area contributed by atoms with Gasteiger partial charge in [0.1, 0.15) is 0 Å². The predicted octanol–water partition coefficient (Wildman–Crippen LogP) is 2.35. The number of hydrogen-bond acceptors (Lipinski definition) is 2. The second-order valence-electron chi connectivity index (χ2n) is 5.95. The van der Waals surface area contributed by atoms with Crippen LogP contribution in [0.1, 0.15) is 36.0 Å². The molecule has 1 heterocycles. The molecule has 110 valence electrons. The molecular formula is C17H26N2O. The van der Waals surface area contributed by atoms with Crippen molar-refractivity contribution in [2.45, 2.75) is 39.5 Å². The zero-order valence-corrected chi connectivity index (χ0v) is 12.7. The molecule has 1 fully saturated rings. The molecule has 3 heteroatoms. The highest BCUT2D eigenvalue weighted by molar-refractivity contribution is 5.78. The van der Waals surface area contributed by atoms with Gasteiger partial charge in [-0.3, -0.25) is 4.79 Å². The van der Waals surface area contributed by atoms with Gasteiger partial charge in [0.25, 0.3) is 0 Å². The second kappa shape index (κ2) is 7.44. The van der Waals surface area contributed by atoms with Gasteiger partial charge < -0.3 is 10.6 Å². The lowest BCUT2D eigenvalue weighted by Gasteiger charge is -2.22. The Morgan fingerprint density at radius 1 is 1.35 bits per heavy atom. The van der Waals surface area contributed by atoms with E-state index in [2.05, 4.69) is 36.6 Å². The average molecular weight is 274 g/mol. The number of rotatable bonds is 5. The maximum atomic E-state index is 11.9. The van der Waals surface area contributed by atoms with Crippen molar-refractivity contribution >= 4 is 5.91 Å². The van der Waals surface area contributed by atoms with Crippen molar-refractivity contribution in [3.63, 3.8) is 0 Å². The fourth-order valence-electron chi connectivity index (χ4n) is 2.75. The van der Waals surface area contributed by atoms with Crippen molar-refractivity contribution in [3.05, 3.63) is 34.9 Å². The van der Waals surface area contributed by atoms with Crippen LogP contribution in [-0.4, -0.2) is 25.5 Å². The SMILES string of the molecule is Cc1ccc(CC(=O)NCCC2CCCNC2)cc1C. The lowest BCUT2D eigenvalue weighted by molar-refractivity contribution is -0.120. The lowest BCUT2D eigenvalue weighted by atomic mass is 9.96. The molecule has 1 aromatic rings. The molecule has 20 heavy (non-hydrogen) atoms. The molecular weight excluding hydrogens is 248 g/mol. The first-order valence-corrected chi connectivity index (χ1v) is 7.68. The monoisotopic (exact) mass is 274 g/mol. The number of nitrogens with one attached hydrogen (secondary N) is 2. The molecule has 1 aliphatic heterocycles. The van der Waals surface area contributed by atoms with Gasteiger partial charge in [0.15, 0.2) is 0 Å². The summed E-state index contributed by atoms with van der Waals surface area (Å²) in [6, 6.07) is 6.25. The van der Waals surface area contributed by atoms with Crippen LogP contribution < -0.4 is 10.6 Å². The number of carbonyl (C=O) groups excluding carboxylic acids is 1. The summed E-state index contributed by atoms with van der Waals surface area (Å²) in [5, 5.41) is 6.46. The first-order chi connectivity index (χ1) is 9.65. The zero-order chi connectivity index (χ0) is 14.4. The summed E-state index contributed by atoms with van der Waals surface area (Å²) in [5.41, 5.74) is 3.63. The van der Waals surface area contributed by atoms with E-state index in [4.69, 9.17) is 0 Å². The van der Waals surface area contributed by atoms with Gasteiger partial charge in [0, 0.05) is 6.54 Å². The molecule has 2 N–H and O–H groups in total. The van der Waals surface area contributed by atoms with Crippen molar-refractivity contribution in [2.75, 3.05) is 19.6 Å². The van der Waals surface area contributed by atoms with Crippen LogP contribution in [0, 0.1) is 19.8 Å². The average Bonchev–Trinajstić information content (AvgIpc) is 2.44. The Hall–Kier alpha value is -1.35. The molecule has 1 saturated heterocycles. The topological polar surface area (TPSA) is 41.1 Å². The Labute approximate surface area is 122 Å². The lowest BCUT2D eigenvalue weighted by Crippen LogP contribution is -2.33. The highest BCUT2D eigenvalue weighted by Crippen LogP contribution is 2.13. The molecule has 0 spiro atoms. The van der Waals surface area contributed by atoms with E-state index >= 15 is 0 Å². The summed E-state index contributed by atoms with van der Waals surface area (Å²) in [7, 11) is 0. The van der Waals surface area contributed by atoms with Crippen molar-refractivity contribution in [2.24, 2.45) is 5.92 Å². The molecule has 1 aliphatic rings. The van der Waals surface area contributed by atoms with Crippen LogP contribution in [0.15, 0.2) is 18.2 Å². The van der Waals surface area contributed by atoms with Gasteiger partial charge in [-0.2, -0.15) is 0 Å². The van der Waals surface area contributed by atoms with Crippen molar-refractivity contribution in [1.82, 2.24) is 10.6 Å². The fourth-order valence-corrected chi connectivity index (χ4v) is 2.75. The van der Waals surface area contributed by atoms with E-state index in [1.54, 1.807) is 0 Å². The van der Waals surface area contributed by atoms with Crippen molar-refractivity contribution < 1.29 is 4.79 Å². The maximum Gasteiger partial charge on any atom is 0.224 e. The second-order valence-corrected chi connectivity index (χ2v) is 5.95. The first kappa shape index (κ1) is 15.0. The fraction of sp³-hybridized carbons (Fsp3) is 0.588. The molecule has 3 nitrogen and oxygen atoms in total. The molecule has 0 aromatic heterocycles. The minimum atomic E-state index is 0.136. The number of carbonyl (C=O) groups is 1. The van der Waals surface area contributed by atoms with E-state index in [1.165, 1.54) is 24.0 Å². The number of hydrogen-bond donors (Lipinski definition) is 2. The highest BCUT2D eigenvalue weighted by atomic mass is 16.1. The third-order valence-corrected chi connectivity index (χ3v) is 4.21. The van der Waals surface area contributed by atoms with E-state index in [0.717, 1.165) is 37.5 Å². The number of aryl methyl sites for hydroxylation is 2. The summed E-state index contributed by atoms with van der Waals surface area (Å²) in [6.07, 6.45) is 4.14. The van der Waals surface area contributed by atoms with Crippen LogP contribution >= 0.6 is 0 Å². The molecule has 1 amide bonds. The highest BCUT2D eigenvalue weighted by Gasteiger charge is 2.12. The molecule has 0 radical (unpaired) electrons. The van der Waals surface area contributed by atoms with Crippen molar-refractivity contribution in [3.8, 4) is 0 Å². The van der Waals surface area contributed by atoms with Gasteiger partial charge in [-0.1, -0.05) is 18.2 Å². The number of benzene rings is 1. The number of amides is 1. The Balaban J connectivity index is 1.70. The van der Waals surface area contributed by atoms with E-state index in [9.17, 15) is 4.79 Å². The summed E-state index contributed by atoms with van der Waals surface area (Å²) in [6.45, 7) is 7.24. The van der Waals surface area contributed by atoms with Crippen LogP contribution in [0.4, 0.5) is 0 Å². The van der Waals surface area contributed by atoms with Gasteiger partial charge in [-0.15, -0.1) is 0 Å². The smallest absolute Gasteiger partial charge is 0.224 e. The van der Waals surface area contributed by atoms with E-state index in [0.29, 0.717) is 6.42 Å². The third kappa shape index (κ3) is 4.64. The minimum Gasteiger partial charge on any atom is -0.356 e. The molecule has 1 unspecified atom stereocenters. The quantitative estimate of drug-likeness (QED) is 0.865. The van der Waals surface area contributed by atoms with Gasteiger partial charge in [0.2, 0.25) is 5.91 Å². The zero-order valence-electron chi connectivity index (χ0n) is 12.7. The van der Waals surface area contributed by atoms with E-state index < -0.39 is 0 Å². The van der Waals surface area contributed by atoms with E-state index in [-0.39, 0.29) is 5.91 Å². The largest absolute Gasteiger partial charge is 0.356 e. The Morgan fingerprint density at radius 3 is 2.90 bits per heavy atom.